The average molecular weight is 635 g/mol. The molecule has 1 aliphatic carbocycles. The van der Waals surface area contributed by atoms with Gasteiger partial charge < -0.3 is 24.7 Å². The SMILES string of the molecule is CN(C)C(=O)c1ccc(CN2CCn3c(C(=O)NCc4ccc(NC(=O)c5cn(C)cn5)cn4)ccc3C23CC(F)(F)C3)c(F)c1. The number of hydrogen-bond donors (Lipinski definition) is 2. The van der Waals surface area contributed by atoms with Crippen LogP contribution >= 0.6 is 0 Å². The van der Waals surface area contributed by atoms with Crippen molar-refractivity contribution < 1.29 is 27.6 Å². The van der Waals surface area contributed by atoms with Crippen LogP contribution < -0.4 is 10.6 Å². The molecular weight excluding hydrogens is 601 g/mol. The molecule has 1 saturated carbocycles. The minimum Gasteiger partial charge on any atom is -0.345 e. The third kappa shape index (κ3) is 5.87. The van der Waals surface area contributed by atoms with Gasteiger partial charge >= 0.3 is 0 Å². The normalized spacial score (nSPS) is 16.4. The van der Waals surface area contributed by atoms with Crippen molar-refractivity contribution in [2.45, 2.75) is 43.9 Å². The van der Waals surface area contributed by atoms with Crippen molar-refractivity contribution in [2.24, 2.45) is 7.05 Å². The molecule has 240 valence electrons. The quantitative estimate of drug-likeness (QED) is 0.305. The number of nitrogens with one attached hydrogen (secondary N) is 2. The summed E-state index contributed by atoms with van der Waals surface area (Å²) in [4.78, 5) is 49.3. The van der Waals surface area contributed by atoms with Crippen molar-refractivity contribution in [2.75, 3.05) is 26.0 Å². The van der Waals surface area contributed by atoms with Crippen LogP contribution in [0.3, 0.4) is 0 Å². The zero-order chi connectivity index (χ0) is 32.8. The standard InChI is InChI=1S/C32H33F3N8O3/c1-40(2)30(46)20-4-5-21(24(33)12-20)15-42-10-11-43-26(8-9-27(43)31(42)17-32(34,35)18-31)29(45)37-13-22-6-7-23(14-36-22)39-28(44)25-16-41(3)19-38-25/h4-9,12,14,16,19H,10-11,13,15,17-18H2,1-3H3,(H,37,45)(H,39,44). The number of halogens is 3. The van der Waals surface area contributed by atoms with E-state index in [4.69, 9.17) is 0 Å². The maximum Gasteiger partial charge on any atom is 0.275 e. The summed E-state index contributed by atoms with van der Waals surface area (Å²) < 4.78 is 47.5. The summed E-state index contributed by atoms with van der Waals surface area (Å²) in [5.74, 6) is -4.56. The summed E-state index contributed by atoms with van der Waals surface area (Å²) in [5.41, 5.74) is 1.65. The molecule has 3 aromatic heterocycles. The number of aryl methyl sites for hydroxylation is 1. The highest BCUT2D eigenvalue weighted by Gasteiger charge is 2.62. The van der Waals surface area contributed by atoms with E-state index < -0.39 is 30.1 Å². The van der Waals surface area contributed by atoms with Crippen LogP contribution in [0.25, 0.3) is 0 Å². The van der Waals surface area contributed by atoms with Gasteiger partial charge in [0.05, 0.1) is 36.0 Å². The smallest absolute Gasteiger partial charge is 0.275 e. The van der Waals surface area contributed by atoms with Crippen LogP contribution in [-0.4, -0.2) is 73.2 Å². The molecule has 2 N–H and O–H groups in total. The van der Waals surface area contributed by atoms with Gasteiger partial charge in [-0.15, -0.1) is 0 Å². The molecular formula is C32H33F3N8O3. The van der Waals surface area contributed by atoms with Crippen LogP contribution in [-0.2, 0) is 32.2 Å². The van der Waals surface area contributed by atoms with Gasteiger partial charge in [0, 0.05) is 76.6 Å². The van der Waals surface area contributed by atoms with Crippen LogP contribution in [0.2, 0.25) is 0 Å². The van der Waals surface area contributed by atoms with E-state index in [0.29, 0.717) is 41.4 Å². The Morgan fingerprint density at radius 1 is 1.00 bits per heavy atom. The molecule has 1 aliphatic heterocycles. The Morgan fingerprint density at radius 3 is 2.41 bits per heavy atom. The molecule has 0 radical (unpaired) electrons. The first kappa shape index (κ1) is 31.0. The second-order valence-corrected chi connectivity index (χ2v) is 12.0. The summed E-state index contributed by atoms with van der Waals surface area (Å²) >= 11 is 0. The topological polar surface area (TPSA) is 117 Å². The number of imidazole rings is 1. The zero-order valence-corrected chi connectivity index (χ0v) is 25.6. The first-order chi connectivity index (χ1) is 21.8. The third-order valence-electron chi connectivity index (χ3n) is 8.51. The fourth-order valence-electron chi connectivity index (χ4n) is 6.21. The lowest BCUT2D eigenvalue weighted by Gasteiger charge is -2.56. The summed E-state index contributed by atoms with van der Waals surface area (Å²) in [7, 11) is 4.92. The molecule has 11 nitrogen and oxygen atoms in total. The van der Waals surface area contributed by atoms with Crippen molar-refractivity contribution in [3.63, 3.8) is 0 Å². The van der Waals surface area contributed by atoms with E-state index in [1.165, 1.54) is 29.6 Å². The lowest BCUT2D eigenvalue weighted by atomic mass is 9.68. The molecule has 0 saturated heterocycles. The van der Waals surface area contributed by atoms with Crippen molar-refractivity contribution >= 4 is 23.4 Å². The molecule has 3 amide bonds. The molecule has 1 spiro atoms. The predicted octanol–water partition coefficient (Wildman–Crippen LogP) is 3.78. The highest BCUT2D eigenvalue weighted by Crippen LogP contribution is 2.57. The number of carbonyl (C=O) groups is 3. The first-order valence-corrected chi connectivity index (χ1v) is 14.7. The molecule has 6 rings (SSSR count). The highest BCUT2D eigenvalue weighted by molar-refractivity contribution is 6.02. The molecule has 0 bridgehead atoms. The zero-order valence-electron chi connectivity index (χ0n) is 25.6. The van der Waals surface area contributed by atoms with Gasteiger partial charge in [-0.2, -0.15) is 0 Å². The number of rotatable bonds is 8. The number of hydrogen-bond acceptors (Lipinski definition) is 6. The third-order valence-corrected chi connectivity index (χ3v) is 8.51. The fraction of sp³-hybridized carbons (Fsp3) is 0.344. The Balaban J connectivity index is 1.14. The molecule has 4 heterocycles. The first-order valence-electron chi connectivity index (χ1n) is 14.7. The second-order valence-electron chi connectivity index (χ2n) is 12.0. The van der Waals surface area contributed by atoms with E-state index in [9.17, 15) is 23.2 Å². The van der Waals surface area contributed by atoms with Crippen LogP contribution in [0.5, 0.6) is 0 Å². The molecule has 0 atom stereocenters. The summed E-state index contributed by atoms with van der Waals surface area (Å²) in [6, 6.07) is 10.9. The molecule has 0 unspecified atom stereocenters. The molecule has 14 heteroatoms. The molecule has 2 aliphatic rings. The number of fused-ring (bicyclic) bond motifs is 2. The Kier molecular flexibility index (Phi) is 7.92. The summed E-state index contributed by atoms with van der Waals surface area (Å²) in [5, 5.41) is 5.55. The number of benzene rings is 1. The lowest BCUT2D eigenvalue weighted by molar-refractivity contribution is -0.192. The minimum atomic E-state index is -2.89. The van der Waals surface area contributed by atoms with Crippen molar-refractivity contribution in [1.82, 2.24) is 34.2 Å². The number of anilines is 1. The maximum absolute atomic E-state index is 15.1. The van der Waals surface area contributed by atoms with Gasteiger partial charge in [-0.05, 0) is 36.4 Å². The van der Waals surface area contributed by atoms with Crippen molar-refractivity contribution in [1.29, 1.82) is 0 Å². The van der Waals surface area contributed by atoms with Crippen LogP contribution in [0.15, 0.2) is 61.2 Å². The molecule has 4 aromatic rings. The number of amides is 3. The molecule has 46 heavy (non-hydrogen) atoms. The van der Waals surface area contributed by atoms with E-state index >= 15 is 4.39 Å². The fourth-order valence-corrected chi connectivity index (χ4v) is 6.21. The number of aromatic nitrogens is 4. The summed E-state index contributed by atoms with van der Waals surface area (Å²) in [6.07, 6.45) is 3.70. The van der Waals surface area contributed by atoms with Crippen molar-refractivity contribution in [3.05, 3.63) is 101 Å². The average Bonchev–Trinajstić information content (AvgIpc) is 3.64. The maximum atomic E-state index is 15.1. The summed E-state index contributed by atoms with van der Waals surface area (Å²) in [6.45, 7) is 0.854. The van der Waals surface area contributed by atoms with Crippen LogP contribution in [0, 0.1) is 5.82 Å². The van der Waals surface area contributed by atoms with Crippen LogP contribution in [0.1, 0.15) is 61.1 Å². The largest absolute Gasteiger partial charge is 0.345 e. The number of pyridine rings is 1. The predicted molar refractivity (Wildman–Crippen MR) is 162 cm³/mol. The van der Waals surface area contributed by atoms with Gasteiger partial charge in [0.15, 0.2) is 0 Å². The van der Waals surface area contributed by atoms with Gasteiger partial charge in [-0.25, -0.2) is 18.2 Å². The second kappa shape index (κ2) is 11.7. The van der Waals surface area contributed by atoms with Crippen LogP contribution in [0.4, 0.5) is 18.9 Å². The van der Waals surface area contributed by atoms with Crippen molar-refractivity contribution in [3.8, 4) is 0 Å². The van der Waals surface area contributed by atoms with Gasteiger partial charge in [0.2, 0.25) is 0 Å². The van der Waals surface area contributed by atoms with E-state index in [1.54, 1.807) is 66.8 Å². The Bertz CT molecular complexity index is 1810. The van der Waals surface area contributed by atoms with E-state index in [2.05, 4.69) is 20.6 Å². The molecule has 1 aromatic carbocycles. The monoisotopic (exact) mass is 634 g/mol. The molecule has 1 fully saturated rings. The van der Waals surface area contributed by atoms with Gasteiger partial charge in [0.25, 0.3) is 23.6 Å². The number of nitrogens with zero attached hydrogens (tertiary/aromatic N) is 6. The number of alkyl halides is 2. The van der Waals surface area contributed by atoms with E-state index in [0.717, 1.165) is 0 Å². The Morgan fingerprint density at radius 2 is 1.78 bits per heavy atom. The number of carbonyl (C=O) groups excluding carboxylic acids is 3. The van der Waals surface area contributed by atoms with Gasteiger partial charge in [-0.1, -0.05) is 6.07 Å². The Labute approximate surface area is 263 Å². The van der Waals surface area contributed by atoms with Gasteiger partial charge in [0.1, 0.15) is 17.2 Å². The van der Waals surface area contributed by atoms with E-state index in [1.807, 2.05) is 4.90 Å². The minimum absolute atomic E-state index is 0.0784. The highest BCUT2D eigenvalue weighted by atomic mass is 19.3. The lowest BCUT2D eigenvalue weighted by Crippen LogP contribution is -2.63. The van der Waals surface area contributed by atoms with Gasteiger partial charge in [-0.3, -0.25) is 24.3 Å². The Hall–Kier alpha value is -4.98. The van der Waals surface area contributed by atoms with E-state index in [-0.39, 0.29) is 42.1 Å².